The Bertz CT molecular complexity index is 1160. The molecule has 6 heteroatoms. The molecule has 0 unspecified atom stereocenters. The molecule has 1 saturated heterocycles. The van der Waals surface area contributed by atoms with Gasteiger partial charge in [-0.25, -0.2) is 5.43 Å². The zero-order chi connectivity index (χ0) is 21.2. The van der Waals surface area contributed by atoms with Crippen molar-refractivity contribution in [2.45, 2.75) is 6.42 Å². The molecule has 0 bridgehead atoms. The van der Waals surface area contributed by atoms with E-state index in [1.165, 1.54) is 5.69 Å². The molecule has 156 valence electrons. The molecule has 6 nitrogen and oxygen atoms in total. The minimum atomic E-state index is -0.172. The van der Waals surface area contributed by atoms with E-state index < -0.39 is 0 Å². The van der Waals surface area contributed by atoms with Crippen molar-refractivity contribution in [2.24, 2.45) is 5.10 Å². The van der Waals surface area contributed by atoms with Gasteiger partial charge in [-0.2, -0.15) is 5.10 Å². The van der Waals surface area contributed by atoms with E-state index >= 15 is 0 Å². The van der Waals surface area contributed by atoms with Gasteiger partial charge >= 0.3 is 0 Å². The zero-order valence-electron chi connectivity index (χ0n) is 17.3. The Morgan fingerprint density at radius 2 is 1.58 bits per heavy atom. The van der Waals surface area contributed by atoms with Crippen molar-refractivity contribution < 1.29 is 9.59 Å². The van der Waals surface area contributed by atoms with Crippen molar-refractivity contribution in [2.75, 3.05) is 37.6 Å². The molecule has 31 heavy (non-hydrogen) atoms. The zero-order valence-corrected chi connectivity index (χ0v) is 17.3. The molecule has 0 atom stereocenters. The lowest BCUT2D eigenvalue weighted by Gasteiger charge is -2.36. The number of Topliss-reactive ketones (excluding diaryl/α,β-unsaturated/α-hetero) is 1. The van der Waals surface area contributed by atoms with E-state index in [-0.39, 0.29) is 11.7 Å². The minimum absolute atomic E-state index is 0.135. The van der Waals surface area contributed by atoms with E-state index in [0.29, 0.717) is 24.2 Å². The number of para-hydroxylation sites is 1. The van der Waals surface area contributed by atoms with Crippen LogP contribution in [0.5, 0.6) is 0 Å². The first-order valence-corrected chi connectivity index (χ1v) is 10.7. The number of piperazine rings is 1. The van der Waals surface area contributed by atoms with Gasteiger partial charge in [-0.3, -0.25) is 14.5 Å². The number of nitrogens with zero attached hydrogens (tertiary/aromatic N) is 3. The van der Waals surface area contributed by atoms with Gasteiger partial charge in [0.1, 0.15) is 5.71 Å². The second kappa shape index (κ2) is 8.32. The third kappa shape index (κ3) is 3.82. The summed E-state index contributed by atoms with van der Waals surface area (Å²) in [6.07, 6.45) is 0.355. The fraction of sp³-hybridized carbons (Fsp3) is 0.240. The Balaban J connectivity index is 1.16. The molecule has 1 N–H and O–H groups in total. The average molecular weight is 412 g/mol. The van der Waals surface area contributed by atoms with Crippen molar-refractivity contribution in [3.63, 3.8) is 0 Å². The van der Waals surface area contributed by atoms with Crippen LogP contribution in [0, 0.1) is 0 Å². The van der Waals surface area contributed by atoms with Crippen LogP contribution in [0.15, 0.2) is 71.8 Å². The highest BCUT2D eigenvalue weighted by Crippen LogP contribution is 2.30. The van der Waals surface area contributed by atoms with Crippen LogP contribution >= 0.6 is 0 Å². The summed E-state index contributed by atoms with van der Waals surface area (Å²) in [5, 5.41) is 6.13. The van der Waals surface area contributed by atoms with Crippen molar-refractivity contribution >= 4 is 33.9 Å². The molecule has 0 aromatic heterocycles. The van der Waals surface area contributed by atoms with Gasteiger partial charge in [0.05, 0.1) is 0 Å². The Labute approximate surface area is 181 Å². The van der Waals surface area contributed by atoms with Gasteiger partial charge in [-0.05, 0) is 17.5 Å². The van der Waals surface area contributed by atoms with E-state index in [1.54, 1.807) is 0 Å². The summed E-state index contributed by atoms with van der Waals surface area (Å²) in [5.74, 6) is -0.307. The standard InChI is InChI=1S/C25H24N4O2/c30-22(12-13-28-14-16-29(17-15-28)19-8-2-1-3-9-19)26-27-24-20-10-4-6-18-7-5-11-21(23(18)20)25(24)31/h1-11H,12-17H2,(H,26,30)/b27-24+. The molecule has 3 aromatic carbocycles. The van der Waals surface area contributed by atoms with E-state index in [0.717, 1.165) is 42.5 Å². The Hall–Kier alpha value is -3.51. The van der Waals surface area contributed by atoms with Crippen LogP contribution in [0.3, 0.4) is 0 Å². The molecule has 1 fully saturated rings. The summed E-state index contributed by atoms with van der Waals surface area (Å²) in [6, 6.07) is 21.8. The third-order valence-corrected chi connectivity index (χ3v) is 6.06. The van der Waals surface area contributed by atoms with Gasteiger partial charge in [-0.15, -0.1) is 0 Å². The highest BCUT2D eigenvalue weighted by molar-refractivity contribution is 6.59. The van der Waals surface area contributed by atoms with Gasteiger partial charge in [0, 0.05) is 61.3 Å². The van der Waals surface area contributed by atoms with E-state index in [9.17, 15) is 9.59 Å². The van der Waals surface area contributed by atoms with Crippen molar-refractivity contribution in [1.82, 2.24) is 10.3 Å². The number of benzene rings is 3. The van der Waals surface area contributed by atoms with Gasteiger partial charge in [0.15, 0.2) is 0 Å². The molecule has 5 rings (SSSR count). The van der Waals surface area contributed by atoms with Crippen LogP contribution < -0.4 is 10.3 Å². The van der Waals surface area contributed by atoms with Crippen molar-refractivity contribution in [3.05, 3.63) is 77.9 Å². The molecular formula is C25H24N4O2. The van der Waals surface area contributed by atoms with Crippen LogP contribution in [-0.2, 0) is 4.79 Å². The number of amides is 1. The second-order valence-electron chi connectivity index (χ2n) is 7.95. The molecule has 3 aromatic rings. The predicted molar refractivity (Wildman–Crippen MR) is 123 cm³/mol. The molecule has 1 heterocycles. The topological polar surface area (TPSA) is 65.0 Å². The number of anilines is 1. The molecule has 0 spiro atoms. The number of ketones is 1. The van der Waals surface area contributed by atoms with Crippen LogP contribution in [-0.4, -0.2) is 55.0 Å². The first kappa shape index (κ1) is 19.5. The van der Waals surface area contributed by atoms with Crippen LogP contribution in [0.1, 0.15) is 22.3 Å². The molecular weight excluding hydrogens is 388 g/mol. The summed E-state index contributed by atoms with van der Waals surface area (Å²) in [6.45, 7) is 4.43. The first-order chi connectivity index (χ1) is 15.2. The normalized spacial score (nSPS) is 17.5. The number of hydrogen-bond donors (Lipinski definition) is 1. The number of hydrazone groups is 1. The Kier molecular flexibility index (Phi) is 5.22. The highest BCUT2D eigenvalue weighted by Gasteiger charge is 2.29. The lowest BCUT2D eigenvalue weighted by atomic mass is 10.1. The molecule has 2 aliphatic rings. The maximum Gasteiger partial charge on any atom is 0.241 e. The van der Waals surface area contributed by atoms with Crippen LogP contribution in [0.4, 0.5) is 5.69 Å². The van der Waals surface area contributed by atoms with Crippen molar-refractivity contribution in [3.8, 4) is 0 Å². The number of carbonyl (C=O) groups is 2. The molecule has 1 aliphatic carbocycles. The van der Waals surface area contributed by atoms with Gasteiger partial charge in [0.25, 0.3) is 0 Å². The minimum Gasteiger partial charge on any atom is -0.369 e. The Morgan fingerprint density at radius 3 is 2.32 bits per heavy atom. The van der Waals surface area contributed by atoms with Crippen LogP contribution in [0.25, 0.3) is 10.8 Å². The molecule has 0 saturated carbocycles. The highest BCUT2D eigenvalue weighted by atomic mass is 16.2. The monoisotopic (exact) mass is 412 g/mol. The Morgan fingerprint density at radius 1 is 0.871 bits per heavy atom. The fourth-order valence-corrected chi connectivity index (χ4v) is 4.39. The van der Waals surface area contributed by atoms with E-state index in [1.807, 2.05) is 42.5 Å². The first-order valence-electron chi connectivity index (χ1n) is 10.7. The summed E-state index contributed by atoms with van der Waals surface area (Å²) in [5.41, 5.74) is 5.60. The van der Waals surface area contributed by atoms with Crippen molar-refractivity contribution in [1.29, 1.82) is 0 Å². The average Bonchev–Trinajstić information content (AvgIpc) is 3.10. The quantitative estimate of drug-likeness (QED) is 0.654. The van der Waals surface area contributed by atoms with E-state index in [2.05, 4.69) is 44.6 Å². The summed E-state index contributed by atoms with van der Waals surface area (Å²) < 4.78 is 0. The molecule has 1 aliphatic heterocycles. The largest absolute Gasteiger partial charge is 0.369 e. The predicted octanol–water partition coefficient (Wildman–Crippen LogP) is 3.07. The maximum absolute atomic E-state index is 12.7. The number of hydrogen-bond acceptors (Lipinski definition) is 5. The fourth-order valence-electron chi connectivity index (χ4n) is 4.39. The molecule has 1 amide bonds. The van der Waals surface area contributed by atoms with Gasteiger partial charge < -0.3 is 4.90 Å². The van der Waals surface area contributed by atoms with Gasteiger partial charge in [0.2, 0.25) is 11.7 Å². The number of nitrogens with one attached hydrogen (secondary N) is 1. The summed E-state index contributed by atoms with van der Waals surface area (Å²) in [4.78, 5) is 29.8. The third-order valence-electron chi connectivity index (χ3n) is 6.06. The SMILES string of the molecule is O=C(CCN1CCN(c2ccccc2)CC1)N/N=C1/C(=O)c2cccc3cccc1c23. The molecule has 0 radical (unpaired) electrons. The summed E-state index contributed by atoms with van der Waals surface area (Å²) in [7, 11) is 0. The van der Waals surface area contributed by atoms with Crippen LogP contribution in [0.2, 0.25) is 0 Å². The lowest BCUT2D eigenvalue weighted by Crippen LogP contribution is -2.47. The smallest absolute Gasteiger partial charge is 0.241 e. The number of carbonyl (C=O) groups excluding carboxylic acids is 2. The second-order valence-corrected chi connectivity index (χ2v) is 7.95. The lowest BCUT2D eigenvalue weighted by molar-refractivity contribution is -0.121. The van der Waals surface area contributed by atoms with E-state index in [4.69, 9.17) is 0 Å². The summed E-state index contributed by atoms with van der Waals surface area (Å²) >= 11 is 0. The van der Waals surface area contributed by atoms with Gasteiger partial charge in [-0.1, -0.05) is 54.6 Å². The maximum atomic E-state index is 12.7. The number of rotatable bonds is 5.